The summed E-state index contributed by atoms with van der Waals surface area (Å²) in [6.07, 6.45) is 2.25. The second kappa shape index (κ2) is 6.57. The first-order chi connectivity index (χ1) is 11.0. The second-order valence-corrected chi connectivity index (χ2v) is 7.52. The predicted octanol–water partition coefficient (Wildman–Crippen LogP) is 4.28. The fourth-order valence-corrected chi connectivity index (χ4v) is 3.66. The molecule has 2 fully saturated rings. The van der Waals surface area contributed by atoms with Crippen LogP contribution < -0.4 is 5.43 Å². The van der Waals surface area contributed by atoms with Crippen molar-refractivity contribution in [1.29, 1.82) is 0 Å². The highest BCUT2D eigenvalue weighted by molar-refractivity contribution is 5.41. The molecule has 126 valence electrons. The highest BCUT2D eigenvalue weighted by atomic mass is 16.7. The number of hydrogen-bond acceptors (Lipinski definition) is 4. The highest BCUT2D eigenvalue weighted by Gasteiger charge is 2.48. The van der Waals surface area contributed by atoms with E-state index in [9.17, 15) is 0 Å². The Hall–Kier alpha value is -1.46. The molecule has 0 aromatic heterocycles. The van der Waals surface area contributed by atoms with Crippen LogP contribution in [0.4, 0.5) is 5.69 Å². The second-order valence-electron chi connectivity index (χ2n) is 7.52. The van der Waals surface area contributed by atoms with Crippen molar-refractivity contribution in [3.63, 3.8) is 0 Å². The molecule has 2 atom stereocenters. The van der Waals surface area contributed by atoms with E-state index in [1.54, 1.807) is 0 Å². The first-order valence-corrected chi connectivity index (χ1v) is 8.44. The van der Waals surface area contributed by atoms with E-state index >= 15 is 0 Å². The van der Waals surface area contributed by atoms with Crippen molar-refractivity contribution in [1.82, 2.24) is 0 Å². The monoisotopic (exact) mass is 317 g/mol. The first-order valence-electron chi connectivity index (χ1n) is 8.44. The number of nitrogens with one attached hydrogen (secondary N) is 1. The van der Waals surface area contributed by atoms with Gasteiger partial charge in [0.05, 0.1) is 25.4 Å². The molecular weight excluding hydrogens is 290 g/mol. The first kappa shape index (κ1) is 16.4. The smallest absolute Gasteiger partial charge is 0.162 e. The molecule has 1 aliphatic carbocycles. The summed E-state index contributed by atoms with van der Waals surface area (Å²) >= 11 is 0. The van der Waals surface area contributed by atoms with Crippen LogP contribution in [0.25, 0.3) is 0 Å². The van der Waals surface area contributed by atoms with Crippen molar-refractivity contribution in [3.05, 3.63) is 30.3 Å². The number of benzene rings is 1. The highest BCUT2D eigenvalue weighted by Crippen LogP contribution is 2.48. The fourth-order valence-electron chi connectivity index (χ4n) is 3.66. The molecule has 5 nitrogen and oxygen atoms in total. The zero-order valence-corrected chi connectivity index (χ0v) is 14.3. The topological polar surface area (TPSA) is 55.2 Å². The summed E-state index contributed by atoms with van der Waals surface area (Å²) in [7, 11) is 0. The van der Waals surface area contributed by atoms with Crippen LogP contribution in [0, 0.1) is 17.3 Å². The lowest BCUT2D eigenvalue weighted by atomic mass is 9.86. The molecule has 1 N–H and O–H groups in total. The van der Waals surface area contributed by atoms with Crippen LogP contribution in [0.1, 0.15) is 33.6 Å². The summed E-state index contributed by atoms with van der Waals surface area (Å²) in [4.78, 5) is 0. The predicted molar refractivity (Wildman–Crippen MR) is 90.1 cm³/mol. The molecule has 1 aromatic carbocycles. The molecule has 0 radical (unpaired) electrons. The average Bonchev–Trinajstić information content (AvgIpc) is 2.85. The normalized spacial score (nSPS) is 29.2. The zero-order chi connectivity index (χ0) is 16.3. The van der Waals surface area contributed by atoms with Gasteiger partial charge in [-0.05, 0) is 50.7 Å². The van der Waals surface area contributed by atoms with Crippen LogP contribution in [0.3, 0.4) is 0 Å². The van der Waals surface area contributed by atoms with Crippen LogP contribution in [0.2, 0.25) is 0 Å². The SMILES string of the molecule is C[C@@H]1CC2(COC(C)(C)OC2)C[C@H]1CN=NNc1ccccc1. The molecule has 0 amide bonds. The maximum Gasteiger partial charge on any atom is 0.162 e. The van der Waals surface area contributed by atoms with Crippen molar-refractivity contribution in [3.8, 4) is 0 Å². The molecule has 5 heteroatoms. The number of para-hydroxylation sites is 1. The summed E-state index contributed by atoms with van der Waals surface area (Å²) in [5.41, 5.74) is 4.10. The largest absolute Gasteiger partial charge is 0.350 e. The quantitative estimate of drug-likeness (QED) is 0.666. The van der Waals surface area contributed by atoms with Gasteiger partial charge in [0.2, 0.25) is 0 Å². The van der Waals surface area contributed by atoms with E-state index in [0.717, 1.165) is 38.3 Å². The summed E-state index contributed by atoms with van der Waals surface area (Å²) in [6, 6.07) is 9.89. The van der Waals surface area contributed by atoms with Gasteiger partial charge in [0.25, 0.3) is 0 Å². The zero-order valence-electron chi connectivity index (χ0n) is 14.3. The van der Waals surface area contributed by atoms with Gasteiger partial charge in [-0.1, -0.05) is 30.3 Å². The van der Waals surface area contributed by atoms with Gasteiger partial charge in [-0.2, -0.15) is 5.11 Å². The maximum absolute atomic E-state index is 5.89. The summed E-state index contributed by atoms with van der Waals surface area (Å²) < 4.78 is 11.8. The van der Waals surface area contributed by atoms with E-state index in [1.165, 1.54) is 0 Å². The van der Waals surface area contributed by atoms with E-state index in [1.807, 2.05) is 44.2 Å². The lowest BCUT2D eigenvalue weighted by Crippen LogP contribution is -2.45. The molecule has 0 bridgehead atoms. The molecule has 23 heavy (non-hydrogen) atoms. The Balaban J connectivity index is 1.50. The number of anilines is 1. The Morgan fingerprint density at radius 1 is 1.13 bits per heavy atom. The number of rotatable bonds is 4. The Morgan fingerprint density at radius 3 is 2.52 bits per heavy atom. The lowest BCUT2D eigenvalue weighted by molar-refractivity contribution is -0.285. The Kier molecular flexibility index (Phi) is 4.69. The minimum Gasteiger partial charge on any atom is -0.350 e. The maximum atomic E-state index is 5.89. The summed E-state index contributed by atoms with van der Waals surface area (Å²) in [6.45, 7) is 8.62. The Labute approximate surface area is 138 Å². The molecule has 0 unspecified atom stereocenters. The van der Waals surface area contributed by atoms with E-state index in [-0.39, 0.29) is 5.41 Å². The molecule has 1 saturated heterocycles. The molecule has 3 rings (SSSR count). The van der Waals surface area contributed by atoms with E-state index < -0.39 is 5.79 Å². The number of nitrogens with zero attached hydrogens (tertiary/aromatic N) is 2. The van der Waals surface area contributed by atoms with Crippen LogP contribution in [-0.2, 0) is 9.47 Å². The Bertz CT molecular complexity index is 534. The van der Waals surface area contributed by atoms with Gasteiger partial charge < -0.3 is 9.47 Å². The summed E-state index contributed by atoms with van der Waals surface area (Å²) in [5.74, 6) is 0.732. The average molecular weight is 317 g/mol. The van der Waals surface area contributed by atoms with Gasteiger partial charge in [0, 0.05) is 5.41 Å². The van der Waals surface area contributed by atoms with Crippen LogP contribution >= 0.6 is 0 Å². The number of ether oxygens (including phenoxy) is 2. The van der Waals surface area contributed by atoms with Gasteiger partial charge >= 0.3 is 0 Å². The van der Waals surface area contributed by atoms with Crippen LogP contribution in [-0.4, -0.2) is 25.5 Å². The van der Waals surface area contributed by atoms with Crippen molar-refractivity contribution in [2.75, 3.05) is 25.2 Å². The van der Waals surface area contributed by atoms with Crippen LogP contribution in [0.5, 0.6) is 0 Å². The summed E-state index contributed by atoms with van der Waals surface area (Å²) in [5, 5.41) is 8.45. The van der Waals surface area contributed by atoms with Crippen molar-refractivity contribution >= 4 is 5.69 Å². The third-order valence-electron chi connectivity index (χ3n) is 5.05. The molecule has 1 spiro atoms. The van der Waals surface area contributed by atoms with E-state index in [4.69, 9.17) is 9.47 Å². The lowest BCUT2D eigenvalue weighted by Gasteiger charge is -2.41. The van der Waals surface area contributed by atoms with E-state index in [2.05, 4.69) is 22.7 Å². The molecule has 1 aliphatic heterocycles. The van der Waals surface area contributed by atoms with Crippen molar-refractivity contribution < 1.29 is 9.47 Å². The molecule has 1 saturated carbocycles. The van der Waals surface area contributed by atoms with Gasteiger partial charge in [-0.3, -0.25) is 5.43 Å². The van der Waals surface area contributed by atoms with Crippen LogP contribution in [0.15, 0.2) is 40.7 Å². The molecule has 1 aromatic rings. The molecular formula is C18H27N3O2. The minimum absolute atomic E-state index is 0.169. The molecule has 1 heterocycles. The third kappa shape index (κ3) is 4.09. The van der Waals surface area contributed by atoms with Gasteiger partial charge in [-0.25, -0.2) is 0 Å². The minimum atomic E-state index is -0.439. The van der Waals surface area contributed by atoms with E-state index in [0.29, 0.717) is 11.8 Å². The third-order valence-corrected chi connectivity index (χ3v) is 5.05. The van der Waals surface area contributed by atoms with Gasteiger partial charge in [-0.15, -0.1) is 0 Å². The Morgan fingerprint density at radius 2 is 1.83 bits per heavy atom. The molecule has 2 aliphatic rings. The fraction of sp³-hybridized carbons (Fsp3) is 0.667. The number of hydrogen-bond donors (Lipinski definition) is 1. The van der Waals surface area contributed by atoms with Gasteiger partial charge in [0.1, 0.15) is 0 Å². The van der Waals surface area contributed by atoms with Gasteiger partial charge in [0.15, 0.2) is 5.79 Å². The van der Waals surface area contributed by atoms with Crippen molar-refractivity contribution in [2.24, 2.45) is 27.6 Å². The van der Waals surface area contributed by atoms with Crippen molar-refractivity contribution in [2.45, 2.75) is 39.4 Å². The standard InChI is InChI=1S/C18H27N3O2/c1-14-9-18(12-22-17(2,3)23-13-18)10-15(14)11-19-21-20-16-7-5-4-6-8-16/h4-8,14-15H,9-13H2,1-3H3,(H,19,20)/t14-,15+/m1/s1.